The van der Waals surface area contributed by atoms with Crippen LogP contribution in [-0.2, 0) is 29.1 Å². The molecule has 4 amide bonds. The van der Waals surface area contributed by atoms with Crippen LogP contribution in [0.3, 0.4) is 0 Å². The molecule has 3 N–H and O–H groups in total. The minimum atomic E-state index is -4.24. The molecule has 4 aliphatic carbocycles. The molecule has 1 saturated heterocycles. The number of alkyl halides is 2. The number of hydrogen-bond donors (Lipinski definition) is 3. The van der Waals surface area contributed by atoms with Crippen LogP contribution in [0.25, 0.3) is 11.0 Å². The van der Waals surface area contributed by atoms with E-state index < -0.39 is 92.4 Å². The first-order valence-corrected chi connectivity index (χ1v) is 22.2. The number of methoxy groups -OCH3 is 1. The monoisotopic (exact) mass is 844 g/mol. The number of benzene rings is 1. The lowest BCUT2D eigenvalue weighted by Crippen LogP contribution is -2.61. The van der Waals surface area contributed by atoms with Crippen molar-refractivity contribution in [2.24, 2.45) is 29.1 Å². The Morgan fingerprint density at radius 2 is 1.80 bits per heavy atom. The highest BCUT2D eigenvalue weighted by Crippen LogP contribution is 2.54. The van der Waals surface area contributed by atoms with Crippen molar-refractivity contribution in [3.63, 3.8) is 0 Å². The van der Waals surface area contributed by atoms with Gasteiger partial charge in [0.1, 0.15) is 41.3 Å². The number of halogens is 2. The van der Waals surface area contributed by atoms with Crippen molar-refractivity contribution < 1.29 is 50.6 Å². The first-order chi connectivity index (χ1) is 27.8. The lowest BCUT2D eigenvalue weighted by Gasteiger charge is -2.36. The van der Waals surface area contributed by atoms with Crippen LogP contribution >= 0.6 is 0 Å². The molecule has 0 radical (unpaired) electrons. The Balaban J connectivity index is 1.18. The van der Waals surface area contributed by atoms with Crippen LogP contribution in [0.5, 0.6) is 11.6 Å². The second kappa shape index (κ2) is 14.7. The fourth-order valence-electron chi connectivity index (χ4n) is 9.13. The smallest absolute Gasteiger partial charge is 0.408 e. The number of aromatic nitrogens is 2. The minimum Gasteiger partial charge on any atom is -0.497 e. The van der Waals surface area contributed by atoms with Crippen molar-refractivity contribution in [3.05, 3.63) is 23.9 Å². The third-order valence-electron chi connectivity index (χ3n) is 13.6. The van der Waals surface area contributed by atoms with Gasteiger partial charge in [-0.1, -0.05) is 34.1 Å². The van der Waals surface area contributed by atoms with E-state index in [1.54, 1.807) is 46.9 Å². The second-order valence-electron chi connectivity index (χ2n) is 18.8. The molecule has 15 nitrogen and oxygen atoms in total. The van der Waals surface area contributed by atoms with Gasteiger partial charge < -0.3 is 29.7 Å². The Morgan fingerprint density at radius 3 is 2.44 bits per heavy atom. The lowest BCUT2D eigenvalue weighted by molar-refractivity contribution is -0.144. The van der Waals surface area contributed by atoms with Crippen molar-refractivity contribution in [2.75, 3.05) is 13.7 Å². The first-order valence-electron chi connectivity index (χ1n) is 20.8. The van der Waals surface area contributed by atoms with Gasteiger partial charge in [-0.2, -0.15) is 0 Å². The van der Waals surface area contributed by atoms with E-state index in [0.717, 1.165) is 32.1 Å². The number of ether oxygens (including phenoxy) is 3. The zero-order chi connectivity index (χ0) is 42.4. The summed E-state index contributed by atoms with van der Waals surface area (Å²) in [6, 6.07) is 2.79. The molecule has 5 fully saturated rings. The number of hydrogen-bond acceptors (Lipinski definition) is 11. The zero-order valence-corrected chi connectivity index (χ0v) is 35.1. The third kappa shape index (κ3) is 7.78. The predicted octanol–water partition coefficient (Wildman–Crippen LogP) is 4.58. The zero-order valence-electron chi connectivity index (χ0n) is 34.3. The summed E-state index contributed by atoms with van der Waals surface area (Å²) < 4.78 is 73.8. The van der Waals surface area contributed by atoms with Crippen molar-refractivity contribution in [2.45, 2.75) is 139 Å². The van der Waals surface area contributed by atoms with E-state index in [2.05, 4.69) is 10.6 Å². The molecule has 0 spiro atoms. The van der Waals surface area contributed by atoms with Crippen LogP contribution in [-0.4, -0.2) is 102 Å². The van der Waals surface area contributed by atoms with Crippen LogP contribution in [0.1, 0.15) is 104 Å². The summed E-state index contributed by atoms with van der Waals surface area (Å²) in [5, 5.41) is 5.29. The molecular weight excluding hydrogens is 791 g/mol. The number of nitrogens with one attached hydrogen (secondary N) is 3. The van der Waals surface area contributed by atoms with E-state index in [-0.39, 0.29) is 36.8 Å². The number of fused-ring (bicyclic) bond motifs is 7. The van der Waals surface area contributed by atoms with Crippen molar-refractivity contribution in [3.8, 4) is 11.6 Å². The highest BCUT2D eigenvalue weighted by Gasteiger charge is 2.68. The number of amides is 4. The van der Waals surface area contributed by atoms with Gasteiger partial charge in [-0.3, -0.25) is 19.1 Å². The van der Waals surface area contributed by atoms with Crippen molar-refractivity contribution in [1.82, 2.24) is 30.2 Å². The Labute approximate surface area is 342 Å². The van der Waals surface area contributed by atoms with Crippen LogP contribution < -0.4 is 24.8 Å². The molecule has 59 heavy (non-hydrogen) atoms. The SMILES string of the molecule is CC[C@@H]1[C@@H]2CN(C(=O)[C@H](C(C)(C)C)NC(=O)O[C@@H]3C[C@H]3CCCC3CC3c3nc4ccc(OC)cc4nc3O2)[C@@H]1C(=O)N[C@]1(C(=O)NS(=O)(=O)C2(C)CC2)CC1C(F)F. The van der Waals surface area contributed by atoms with Gasteiger partial charge in [0.15, 0.2) is 0 Å². The Kier molecular flexibility index (Phi) is 10.3. The number of carbonyl (C=O) groups is 4. The van der Waals surface area contributed by atoms with Gasteiger partial charge in [0.2, 0.25) is 34.1 Å². The Bertz CT molecular complexity index is 2170. The van der Waals surface area contributed by atoms with E-state index in [1.807, 2.05) is 10.8 Å². The number of sulfonamides is 1. The molecule has 2 bridgehead atoms. The average molecular weight is 845 g/mol. The van der Waals surface area contributed by atoms with Gasteiger partial charge in [0.05, 0.1) is 35.4 Å². The average Bonchev–Trinajstić information content (AvgIpc) is 4.01. The fourth-order valence-corrected chi connectivity index (χ4v) is 10.4. The van der Waals surface area contributed by atoms with Crippen LogP contribution in [0, 0.1) is 29.1 Å². The van der Waals surface area contributed by atoms with E-state index >= 15 is 0 Å². The van der Waals surface area contributed by atoms with Crippen LogP contribution in [0.4, 0.5) is 13.6 Å². The summed E-state index contributed by atoms with van der Waals surface area (Å²) in [4.78, 5) is 68.0. The van der Waals surface area contributed by atoms with Gasteiger partial charge >= 0.3 is 6.09 Å². The largest absolute Gasteiger partial charge is 0.497 e. The molecule has 1 aromatic heterocycles. The van der Waals surface area contributed by atoms with Gasteiger partial charge in [-0.05, 0) is 87.7 Å². The molecule has 18 heteroatoms. The number of carbonyl (C=O) groups excluding carboxylic acids is 4. The highest BCUT2D eigenvalue weighted by atomic mass is 32.2. The van der Waals surface area contributed by atoms with Crippen molar-refractivity contribution >= 4 is 44.9 Å². The Morgan fingerprint density at radius 1 is 1.07 bits per heavy atom. The molecule has 4 saturated carbocycles. The molecule has 322 valence electrons. The number of nitrogens with zero attached hydrogens (tertiary/aromatic N) is 3. The van der Waals surface area contributed by atoms with Gasteiger partial charge in [-0.15, -0.1) is 0 Å². The molecule has 8 rings (SSSR count). The number of rotatable bonds is 8. The lowest BCUT2D eigenvalue weighted by atomic mass is 9.85. The molecule has 2 aromatic rings. The van der Waals surface area contributed by atoms with E-state index in [4.69, 9.17) is 24.2 Å². The van der Waals surface area contributed by atoms with E-state index in [9.17, 15) is 36.4 Å². The molecule has 1 aromatic carbocycles. The summed E-state index contributed by atoms with van der Waals surface area (Å²) >= 11 is 0. The third-order valence-corrected chi connectivity index (χ3v) is 15.7. The van der Waals surface area contributed by atoms with Crippen LogP contribution in [0.2, 0.25) is 0 Å². The molecular formula is C41H54F2N6O9S. The summed E-state index contributed by atoms with van der Waals surface area (Å²) in [6.45, 7) is 8.36. The summed E-state index contributed by atoms with van der Waals surface area (Å²) in [5.41, 5.74) is -1.31. The maximum Gasteiger partial charge on any atom is 0.408 e. The van der Waals surface area contributed by atoms with E-state index in [1.165, 1.54) is 11.8 Å². The molecule has 10 atom stereocenters. The number of alkyl carbamates (subject to hydrolysis) is 1. The van der Waals surface area contributed by atoms with Gasteiger partial charge in [-0.25, -0.2) is 32.0 Å². The summed E-state index contributed by atoms with van der Waals surface area (Å²) in [7, 11) is -2.70. The Hall–Kier alpha value is -4.35. The van der Waals surface area contributed by atoms with Crippen molar-refractivity contribution in [1.29, 1.82) is 0 Å². The fraction of sp³-hybridized carbons (Fsp3) is 0.707. The van der Waals surface area contributed by atoms with Gasteiger partial charge in [0, 0.05) is 17.9 Å². The summed E-state index contributed by atoms with van der Waals surface area (Å²) in [6.07, 6.45) is -0.290. The summed E-state index contributed by atoms with van der Waals surface area (Å²) in [5.74, 6) is -3.86. The normalized spacial score (nSPS) is 33.8. The molecule has 3 unspecified atom stereocenters. The predicted molar refractivity (Wildman–Crippen MR) is 209 cm³/mol. The minimum absolute atomic E-state index is 0.0530. The first kappa shape index (κ1) is 41.4. The maximum absolute atomic E-state index is 14.9. The second-order valence-corrected chi connectivity index (χ2v) is 21.0. The maximum atomic E-state index is 14.9. The molecule has 3 heterocycles. The van der Waals surface area contributed by atoms with Gasteiger partial charge in [0.25, 0.3) is 5.91 Å². The van der Waals surface area contributed by atoms with Crippen LogP contribution in [0.15, 0.2) is 18.2 Å². The van der Waals surface area contributed by atoms with E-state index in [0.29, 0.717) is 41.2 Å². The molecule has 2 aliphatic heterocycles. The highest BCUT2D eigenvalue weighted by molar-refractivity contribution is 7.91. The standard InChI is InChI=1S/C41H54F2N6O9S/c1-7-23-29-19-49(31(23)34(50)47-41(18-25(41)33(42)43)37(52)48-59(54,55)40(5)13-14-40)36(51)32(39(2,3)4)46-38(53)58-28-16-21(28)10-8-9-20-15-24(20)30-35(57-29)45-27-17-22(56-6)11-12-26(27)44-30/h11-12,17,20-21,23-25,28-29,31-33H,7-10,13-16,18-19H2,1-6H3,(H,46,53)(H,47,50)(H,48,52)/t20?,21-,23-,24?,25?,28-,29+,31+,32-,41-/m1/s1. The topological polar surface area (TPSA) is 195 Å². The quantitative estimate of drug-likeness (QED) is 0.337. The molecule has 6 aliphatic rings.